The second kappa shape index (κ2) is 6.03. The van der Waals surface area contributed by atoms with E-state index in [1.54, 1.807) is 0 Å². The summed E-state index contributed by atoms with van der Waals surface area (Å²) in [6.07, 6.45) is 1.42. The molecule has 1 aliphatic rings. The lowest BCUT2D eigenvalue weighted by molar-refractivity contribution is 0.101. The lowest BCUT2D eigenvalue weighted by Crippen LogP contribution is -2.29. The van der Waals surface area contributed by atoms with Crippen molar-refractivity contribution in [1.29, 1.82) is 0 Å². The topological polar surface area (TPSA) is 74.7 Å². The van der Waals surface area contributed by atoms with Crippen molar-refractivity contribution < 1.29 is 18.3 Å². The van der Waals surface area contributed by atoms with E-state index in [2.05, 4.69) is 0 Å². The van der Waals surface area contributed by atoms with Crippen LogP contribution >= 0.6 is 0 Å². The van der Waals surface area contributed by atoms with Gasteiger partial charge in [0.2, 0.25) is 10.0 Å². The number of Topliss-reactive ketones (excluding diaryl/α,β-unsaturated/α-hetero) is 1. The highest BCUT2D eigenvalue weighted by Gasteiger charge is 2.32. The Hall–Kier alpha value is -1.24. The standard InChI is InChI=1S/C14H19NO4S/c1-11(17)13-2-4-14(5-3-13)20(18,19)15-8-6-12(10-15)7-9-16/h2-5,12,16H,6-10H2,1H3. The van der Waals surface area contributed by atoms with Gasteiger partial charge < -0.3 is 5.11 Å². The number of benzene rings is 1. The smallest absolute Gasteiger partial charge is 0.243 e. The number of nitrogens with zero attached hydrogens (tertiary/aromatic N) is 1. The van der Waals surface area contributed by atoms with Crippen LogP contribution in [-0.4, -0.2) is 43.3 Å². The fraction of sp³-hybridized carbons (Fsp3) is 0.500. The minimum absolute atomic E-state index is 0.0851. The number of aliphatic hydroxyl groups excluding tert-OH is 1. The summed E-state index contributed by atoms with van der Waals surface area (Å²) in [6, 6.07) is 6.03. The van der Waals surface area contributed by atoms with Crippen molar-refractivity contribution in [3.8, 4) is 0 Å². The number of rotatable bonds is 5. The molecule has 2 rings (SSSR count). The number of carbonyl (C=O) groups excluding carboxylic acids is 1. The first-order valence-electron chi connectivity index (χ1n) is 6.67. The third-order valence-electron chi connectivity index (χ3n) is 3.68. The largest absolute Gasteiger partial charge is 0.396 e. The van der Waals surface area contributed by atoms with Crippen LogP contribution < -0.4 is 0 Å². The first kappa shape index (κ1) is 15.2. The first-order valence-corrected chi connectivity index (χ1v) is 8.11. The van der Waals surface area contributed by atoms with Crippen LogP contribution in [0.15, 0.2) is 29.2 Å². The molecule has 1 heterocycles. The van der Waals surface area contributed by atoms with Gasteiger partial charge in [-0.05, 0) is 37.8 Å². The highest BCUT2D eigenvalue weighted by molar-refractivity contribution is 7.89. The average Bonchev–Trinajstić information content (AvgIpc) is 2.88. The average molecular weight is 297 g/mol. The number of aliphatic hydroxyl groups is 1. The van der Waals surface area contributed by atoms with Crippen LogP contribution in [0.5, 0.6) is 0 Å². The molecule has 110 valence electrons. The van der Waals surface area contributed by atoms with E-state index in [1.165, 1.54) is 35.5 Å². The maximum atomic E-state index is 12.4. The van der Waals surface area contributed by atoms with Crippen LogP contribution in [0.4, 0.5) is 0 Å². The Morgan fingerprint density at radius 2 is 2.00 bits per heavy atom. The third kappa shape index (κ3) is 3.08. The summed E-state index contributed by atoms with van der Waals surface area (Å²) in [6.45, 7) is 2.48. The van der Waals surface area contributed by atoms with E-state index in [1.807, 2.05) is 0 Å². The van der Waals surface area contributed by atoms with Crippen molar-refractivity contribution in [1.82, 2.24) is 4.31 Å². The number of sulfonamides is 1. The van der Waals surface area contributed by atoms with Gasteiger partial charge >= 0.3 is 0 Å². The summed E-state index contributed by atoms with van der Waals surface area (Å²) in [5.74, 6) is 0.143. The molecule has 6 heteroatoms. The fourth-order valence-electron chi connectivity index (χ4n) is 2.44. The molecule has 1 aromatic carbocycles. The number of hydrogen-bond donors (Lipinski definition) is 1. The normalized spacial score (nSPS) is 20.2. The highest BCUT2D eigenvalue weighted by Crippen LogP contribution is 2.26. The summed E-state index contributed by atoms with van der Waals surface area (Å²) in [5, 5.41) is 8.92. The number of carbonyl (C=O) groups is 1. The number of hydrogen-bond acceptors (Lipinski definition) is 4. The lowest BCUT2D eigenvalue weighted by atomic mass is 10.1. The summed E-state index contributed by atoms with van der Waals surface area (Å²) in [4.78, 5) is 11.4. The molecule has 5 nitrogen and oxygen atoms in total. The van der Waals surface area contributed by atoms with Gasteiger partial charge in [0.05, 0.1) is 4.90 Å². The van der Waals surface area contributed by atoms with Crippen LogP contribution in [0.1, 0.15) is 30.1 Å². The molecule has 0 aliphatic carbocycles. The van der Waals surface area contributed by atoms with Crippen molar-refractivity contribution in [2.24, 2.45) is 5.92 Å². The Morgan fingerprint density at radius 1 is 1.35 bits per heavy atom. The van der Waals surface area contributed by atoms with Gasteiger partial charge in [0.15, 0.2) is 5.78 Å². The van der Waals surface area contributed by atoms with E-state index in [4.69, 9.17) is 5.11 Å². The highest BCUT2D eigenvalue weighted by atomic mass is 32.2. The predicted molar refractivity (Wildman–Crippen MR) is 75.0 cm³/mol. The molecule has 1 N–H and O–H groups in total. The van der Waals surface area contributed by atoms with Gasteiger partial charge in [-0.15, -0.1) is 0 Å². The van der Waals surface area contributed by atoms with Crippen molar-refractivity contribution in [2.75, 3.05) is 19.7 Å². The molecule has 0 bridgehead atoms. The summed E-state index contributed by atoms with van der Waals surface area (Å²) >= 11 is 0. The maximum absolute atomic E-state index is 12.4. The second-order valence-electron chi connectivity index (χ2n) is 5.11. The van der Waals surface area contributed by atoms with Crippen molar-refractivity contribution in [3.05, 3.63) is 29.8 Å². The molecule has 0 saturated carbocycles. The zero-order valence-corrected chi connectivity index (χ0v) is 12.3. The Bertz CT molecular complexity index is 580. The molecule has 1 unspecified atom stereocenters. The molecule has 1 saturated heterocycles. The third-order valence-corrected chi connectivity index (χ3v) is 5.56. The second-order valence-corrected chi connectivity index (χ2v) is 7.05. The van der Waals surface area contributed by atoms with Crippen LogP contribution in [-0.2, 0) is 10.0 Å². The SMILES string of the molecule is CC(=O)c1ccc(S(=O)(=O)N2CCC(CCO)C2)cc1. The molecule has 1 atom stereocenters. The van der Waals surface area contributed by atoms with Crippen LogP contribution in [0.2, 0.25) is 0 Å². The molecular formula is C14H19NO4S. The van der Waals surface area contributed by atoms with Gasteiger partial charge in [0, 0.05) is 25.3 Å². The van der Waals surface area contributed by atoms with Crippen molar-refractivity contribution in [2.45, 2.75) is 24.7 Å². The molecular weight excluding hydrogens is 278 g/mol. The van der Waals surface area contributed by atoms with Crippen molar-refractivity contribution in [3.63, 3.8) is 0 Å². The van der Waals surface area contributed by atoms with Crippen LogP contribution in [0, 0.1) is 5.92 Å². The van der Waals surface area contributed by atoms with Crippen molar-refractivity contribution >= 4 is 15.8 Å². The first-order chi connectivity index (χ1) is 9.45. The van der Waals surface area contributed by atoms with Gasteiger partial charge in [-0.2, -0.15) is 4.31 Å². The van der Waals surface area contributed by atoms with Gasteiger partial charge in [0.25, 0.3) is 0 Å². The summed E-state index contributed by atoms with van der Waals surface area (Å²) < 4.78 is 26.3. The van der Waals surface area contributed by atoms with Gasteiger partial charge in [-0.3, -0.25) is 4.79 Å². The Kier molecular flexibility index (Phi) is 4.57. The Morgan fingerprint density at radius 3 is 2.55 bits per heavy atom. The van der Waals surface area contributed by atoms with E-state index in [-0.39, 0.29) is 23.2 Å². The zero-order chi connectivity index (χ0) is 14.8. The van der Waals surface area contributed by atoms with E-state index in [9.17, 15) is 13.2 Å². The predicted octanol–water partition coefficient (Wildman–Crippen LogP) is 1.28. The van der Waals surface area contributed by atoms with Crippen LogP contribution in [0.3, 0.4) is 0 Å². The lowest BCUT2D eigenvalue weighted by Gasteiger charge is -2.16. The zero-order valence-electron chi connectivity index (χ0n) is 11.4. The molecule has 1 fully saturated rings. The van der Waals surface area contributed by atoms with Gasteiger partial charge in [0.1, 0.15) is 0 Å². The summed E-state index contributed by atoms with van der Waals surface area (Å²) in [5.41, 5.74) is 0.503. The number of ketones is 1. The van der Waals surface area contributed by atoms with E-state index < -0.39 is 10.0 Å². The van der Waals surface area contributed by atoms with Gasteiger partial charge in [-0.1, -0.05) is 12.1 Å². The quantitative estimate of drug-likeness (QED) is 0.831. The van der Waals surface area contributed by atoms with Crippen LogP contribution in [0.25, 0.3) is 0 Å². The minimum atomic E-state index is -3.49. The fourth-order valence-corrected chi connectivity index (χ4v) is 3.98. The van der Waals surface area contributed by atoms with E-state index >= 15 is 0 Å². The molecule has 20 heavy (non-hydrogen) atoms. The summed E-state index contributed by atoms with van der Waals surface area (Å²) in [7, 11) is -3.49. The molecule has 1 aliphatic heterocycles. The van der Waals surface area contributed by atoms with E-state index in [0.717, 1.165) is 6.42 Å². The Balaban J connectivity index is 2.16. The molecule has 0 spiro atoms. The maximum Gasteiger partial charge on any atom is 0.243 e. The molecule has 0 radical (unpaired) electrons. The van der Waals surface area contributed by atoms with E-state index in [0.29, 0.717) is 25.1 Å². The minimum Gasteiger partial charge on any atom is -0.396 e. The monoisotopic (exact) mass is 297 g/mol. The van der Waals surface area contributed by atoms with Gasteiger partial charge in [-0.25, -0.2) is 8.42 Å². The molecule has 0 amide bonds. The molecule has 1 aromatic rings. The molecule has 0 aromatic heterocycles. The Labute approximate surface area is 119 Å².